The zero-order valence-electron chi connectivity index (χ0n) is 14.8. The molecule has 0 saturated carbocycles. The molecule has 4 nitrogen and oxygen atoms in total. The third-order valence-corrected chi connectivity index (χ3v) is 4.66. The number of aromatic nitrogens is 1. The molecule has 2 aromatic rings. The van der Waals surface area contributed by atoms with Gasteiger partial charge in [-0.05, 0) is 49.8 Å². The van der Waals surface area contributed by atoms with E-state index in [1.165, 1.54) is 6.07 Å². The summed E-state index contributed by atoms with van der Waals surface area (Å²) in [6.45, 7) is 5.67. The minimum atomic E-state index is -0.208. The summed E-state index contributed by atoms with van der Waals surface area (Å²) in [6.07, 6.45) is 2.86. The van der Waals surface area contributed by atoms with E-state index in [0.717, 1.165) is 57.1 Å². The molecule has 1 fully saturated rings. The van der Waals surface area contributed by atoms with Crippen LogP contribution in [0.25, 0.3) is 0 Å². The van der Waals surface area contributed by atoms with Crippen molar-refractivity contribution in [3.63, 3.8) is 0 Å². The summed E-state index contributed by atoms with van der Waals surface area (Å²) in [5, 5.41) is 0. The lowest BCUT2D eigenvalue weighted by molar-refractivity contribution is 0.0361. The van der Waals surface area contributed by atoms with Crippen LogP contribution in [-0.2, 0) is 4.74 Å². The van der Waals surface area contributed by atoms with Gasteiger partial charge in [-0.15, -0.1) is 0 Å². The standard InChI is InChI=1S/C20H26FN3O/c1-23(10-5-11-24-12-14-25-15-13-24)20(19-8-2-3-9-22-19)17-6-4-7-18(21)16-17/h2-4,6-9,16,20H,5,10-15H2,1H3/t20-/m1/s1. The monoisotopic (exact) mass is 343 g/mol. The van der Waals surface area contributed by atoms with Crippen molar-refractivity contribution in [2.24, 2.45) is 0 Å². The van der Waals surface area contributed by atoms with Gasteiger partial charge in [0.05, 0.1) is 24.9 Å². The highest BCUT2D eigenvalue weighted by Gasteiger charge is 2.21. The first-order valence-corrected chi connectivity index (χ1v) is 8.91. The van der Waals surface area contributed by atoms with E-state index in [2.05, 4.69) is 21.8 Å². The molecule has 25 heavy (non-hydrogen) atoms. The Hall–Kier alpha value is -1.82. The minimum absolute atomic E-state index is 0.0402. The van der Waals surface area contributed by atoms with Crippen LogP contribution in [0, 0.1) is 5.82 Å². The number of benzene rings is 1. The summed E-state index contributed by atoms with van der Waals surface area (Å²) in [7, 11) is 2.09. The molecule has 0 radical (unpaired) electrons. The predicted octanol–water partition coefficient (Wildman–Crippen LogP) is 2.96. The first-order chi connectivity index (χ1) is 12.2. The van der Waals surface area contributed by atoms with Crippen LogP contribution >= 0.6 is 0 Å². The molecule has 0 unspecified atom stereocenters. The van der Waals surface area contributed by atoms with Gasteiger partial charge in [0.1, 0.15) is 5.82 Å². The fraction of sp³-hybridized carbons (Fsp3) is 0.450. The van der Waals surface area contributed by atoms with E-state index in [1.807, 2.05) is 24.3 Å². The van der Waals surface area contributed by atoms with Crippen molar-refractivity contribution >= 4 is 0 Å². The van der Waals surface area contributed by atoms with Crippen LogP contribution in [0.2, 0.25) is 0 Å². The zero-order valence-corrected chi connectivity index (χ0v) is 14.8. The van der Waals surface area contributed by atoms with E-state index in [9.17, 15) is 4.39 Å². The highest BCUT2D eigenvalue weighted by Crippen LogP contribution is 2.26. The molecule has 134 valence electrons. The smallest absolute Gasteiger partial charge is 0.123 e. The Bertz CT molecular complexity index is 646. The first kappa shape index (κ1) is 18.0. The normalized spacial score (nSPS) is 16.9. The largest absolute Gasteiger partial charge is 0.379 e. The van der Waals surface area contributed by atoms with Crippen molar-refractivity contribution < 1.29 is 9.13 Å². The molecule has 0 N–H and O–H groups in total. The lowest BCUT2D eigenvalue weighted by Gasteiger charge is -2.30. The molecule has 2 heterocycles. The van der Waals surface area contributed by atoms with E-state index in [1.54, 1.807) is 18.3 Å². The number of nitrogens with zero attached hydrogens (tertiary/aromatic N) is 3. The molecule has 0 spiro atoms. The molecule has 0 aliphatic carbocycles. The summed E-state index contributed by atoms with van der Waals surface area (Å²) in [6, 6.07) is 12.7. The number of hydrogen-bond acceptors (Lipinski definition) is 4. The molecule has 5 heteroatoms. The quantitative estimate of drug-likeness (QED) is 0.773. The van der Waals surface area contributed by atoms with E-state index < -0.39 is 0 Å². The third kappa shape index (κ3) is 5.08. The second-order valence-corrected chi connectivity index (χ2v) is 6.50. The second kappa shape index (κ2) is 9.04. The second-order valence-electron chi connectivity index (χ2n) is 6.50. The van der Waals surface area contributed by atoms with Crippen molar-refractivity contribution in [3.8, 4) is 0 Å². The van der Waals surface area contributed by atoms with Gasteiger partial charge in [0.25, 0.3) is 0 Å². The number of rotatable bonds is 7. The number of pyridine rings is 1. The summed E-state index contributed by atoms with van der Waals surface area (Å²) in [5.74, 6) is -0.208. The summed E-state index contributed by atoms with van der Waals surface area (Å²) < 4.78 is 19.1. The summed E-state index contributed by atoms with van der Waals surface area (Å²) >= 11 is 0. The average Bonchev–Trinajstić information content (AvgIpc) is 2.64. The van der Waals surface area contributed by atoms with Gasteiger partial charge in [-0.3, -0.25) is 14.8 Å². The van der Waals surface area contributed by atoms with Crippen molar-refractivity contribution in [3.05, 3.63) is 65.7 Å². The van der Waals surface area contributed by atoms with Crippen molar-refractivity contribution in [2.75, 3.05) is 46.4 Å². The molecule has 1 saturated heterocycles. The maximum absolute atomic E-state index is 13.7. The van der Waals surface area contributed by atoms with Gasteiger partial charge in [0, 0.05) is 25.8 Å². The van der Waals surface area contributed by atoms with Crippen LogP contribution in [0.1, 0.15) is 23.7 Å². The van der Waals surface area contributed by atoms with Crippen LogP contribution in [0.15, 0.2) is 48.7 Å². The lowest BCUT2D eigenvalue weighted by Crippen LogP contribution is -2.38. The molecule has 1 atom stereocenters. The average molecular weight is 343 g/mol. The van der Waals surface area contributed by atoms with Crippen LogP contribution in [0.5, 0.6) is 0 Å². The Morgan fingerprint density at radius 1 is 1.20 bits per heavy atom. The van der Waals surface area contributed by atoms with Crippen molar-refractivity contribution in [1.82, 2.24) is 14.8 Å². The van der Waals surface area contributed by atoms with E-state index >= 15 is 0 Å². The number of morpholine rings is 1. The lowest BCUT2D eigenvalue weighted by atomic mass is 10.0. The molecule has 3 rings (SSSR count). The molecule has 1 aromatic heterocycles. The van der Waals surface area contributed by atoms with Gasteiger partial charge >= 0.3 is 0 Å². The maximum atomic E-state index is 13.7. The SMILES string of the molecule is CN(CCCN1CCOCC1)[C@H](c1cccc(F)c1)c1ccccn1. The first-order valence-electron chi connectivity index (χ1n) is 8.91. The molecule has 0 bridgehead atoms. The van der Waals surface area contributed by atoms with Gasteiger partial charge in [0.15, 0.2) is 0 Å². The molecular formula is C20H26FN3O. The van der Waals surface area contributed by atoms with Gasteiger partial charge in [-0.25, -0.2) is 4.39 Å². The Kier molecular flexibility index (Phi) is 6.50. The van der Waals surface area contributed by atoms with Crippen LogP contribution < -0.4 is 0 Å². The molecule has 1 aliphatic heterocycles. The Labute approximate surface area is 149 Å². The van der Waals surface area contributed by atoms with Crippen LogP contribution in [0.3, 0.4) is 0 Å². The highest BCUT2D eigenvalue weighted by molar-refractivity contribution is 5.28. The Morgan fingerprint density at radius 3 is 2.76 bits per heavy atom. The van der Waals surface area contributed by atoms with Crippen molar-refractivity contribution in [1.29, 1.82) is 0 Å². The molecule has 1 aromatic carbocycles. The van der Waals surface area contributed by atoms with E-state index in [0.29, 0.717) is 0 Å². The maximum Gasteiger partial charge on any atom is 0.123 e. The van der Waals surface area contributed by atoms with Crippen LogP contribution in [0.4, 0.5) is 4.39 Å². The topological polar surface area (TPSA) is 28.6 Å². The molecule has 1 aliphatic rings. The highest BCUT2D eigenvalue weighted by atomic mass is 19.1. The van der Waals surface area contributed by atoms with Crippen LogP contribution in [-0.4, -0.2) is 61.2 Å². The van der Waals surface area contributed by atoms with E-state index in [4.69, 9.17) is 4.74 Å². The zero-order chi connectivity index (χ0) is 17.5. The van der Waals surface area contributed by atoms with Crippen molar-refractivity contribution in [2.45, 2.75) is 12.5 Å². The molecular weight excluding hydrogens is 317 g/mol. The number of ether oxygens (including phenoxy) is 1. The Balaban J connectivity index is 1.68. The minimum Gasteiger partial charge on any atom is -0.379 e. The third-order valence-electron chi connectivity index (χ3n) is 4.66. The fourth-order valence-electron chi connectivity index (χ4n) is 3.36. The van der Waals surface area contributed by atoms with Gasteiger partial charge < -0.3 is 4.74 Å². The van der Waals surface area contributed by atoms with Gasteiger partial charge in [0.2, 0.25) is 0 Å². The van der Waals surface area contributed by atoms with Gasteiger partial charge in [-0.1, -0.05) is 18.2 Å². The predicted molar refractivity (Wildman–Crippen MR) is 97.0 cm³/mol. The number of halogens is 1. The molecule has 0 amide bonds. The fourth-order valence-corrected chi connectivity index (χ4v) is 3.36. The summed E-state index contributed by atoms with van der Waals surface area (Å²) in [5.41, 5.74) is 1.88. The summed E-state index contributed by atoms with van der Waals surface area (Å²) in [4.78, 5) is 9.21. The Morgan fingerprint density at radius 2 is 2.04 bits per heavy atom. The number of hydrogen-bond donors (Lipinski definition) is 0. The van der Waals surface area contributed by atoms with E-state index in [-0.39, 0.29) is 11.9 Å². The van der Waals surface area contributed by atoms with Gasteiger partial charge in [-0.2, -0.15) is 0 Å².